The van der Waals surface area contributed by atoms with E-state index in [-0.39, 0.29) is 16.8 Å². The average molecular weight is 625 g/mol. The Labute approximate surface area is 259 Å². The lowest BCUT2D eigenvalue weighted by Gasteiger charge is -2.32. The molecule has 1 aliphatic heterocycles. The summed E-state index contributed by atoms with van der Waals surface area (Å²) in [6.07, 6.45) is -0.782. The van der Waals surface area contributed by atoms with Crippen LogP contribution in [0.25, 0.3) is 0 Å². The minimum Gasteiger partial charge on any atom is -0.466 e. The lowest BCUT2D eigenvalue weighted by atomic mass is 9.80. The van der Waals surface area contributed by atoms with Gasteiger partial charge in [0.05, 0.1) is 39.1 Å². The van der Waals surface area contributed by atoms with Gasteiger partial charge in [-0.1, -0.05) is 71.7 Å². The van der Waals surface area contributed by atoms with Crippen molar-refractivity contribution in [3.05, 3.63) is 132 Å². The average Bonchev–Trinajstić information content (AvgIpc) is 2.98. The quantitative estimate of drug-likeness (QED) is 0.150. The molecule has 3 aromatic rings. The maximum absolute atomic E-state index is 14.1. The number of carbonyl (C=O) groups excluding carboxylic acids is 2. The van der Waals surface area contributed by atoms with Crippen LogP contribution in [0.4, 0.5) is 5.69 Å². The van der Waals surface area contributed by atoms with Crippen molar-refractivity contribution in [2.24, 2.45) is 0 Å². The summed E-state index contributed by atoms with van der Waals surface area (Å²) >= 11 is 12.5. The second-order valence-electron chi connectivity index (χ2n) is 10.2. The van der Waals surface area contributed by atoms with E-state index in [0.717, 1.165) is 5.56 Å². The molecule has 1 aliphatic rings. The predicted octanol–water partition coefficient (Wildman–Crippen LogP) is 6.73. The van der Waals surface area contributed by atoms with Crippen LogP contribution >= 0.6 is 23.2 Å². The smallest absolute Gasteiger partial charge is 0.337 e. The number of allylic oxidation sites excluding steroid dienone is 2. The first-order valence-electron chi connectivity index (χ1n) is 13.4. The van der Waals surface area contributed by atoms with Gasteiger partial charge in [0.15, 0.2) is 0 Å². The van der Waals surface area contributed by atoms with Gasteiger partial charge in [-0.25, -0.2) is 9.59 Å². The van der Waals surface area contributed by atoms with Gasteiger partial charge in [-0.05, 0) is 49.7 Å². The first-order valence-corrected chi connectivity index (χ1v) is 14.1. The molecular formula is C32H31Cl2N3O6. The van der Waals surface area contributed by atoms with Crippen LogP contribution in [-0.2, 0) is 25.6 Å². The fourth-order valence-corrected chi connectivity index (χ4v) is 5.46. The molecule has 43 heavy (non-hydrogen) atoms. The molecular weight excluding hydrogens is 593 g/mol. The molecule has 0 aliphatic carbocycles. The SMILES string of the molecule is COC(=O)C1=C(C)NC(C)=C(C(=O)OC(CN(C)Cc2ccccc2)c2ccc(Cl)c(Cl)c2)C1c1cccc([N+](=O)[O-])c1. The van der Waals surface area contributed by atoms with Crippen LogP contribution < -0.4 is 5.32 Å². The Balaban J connectivity index is 1.74. The molecule has 9 nitrogen and oxygen atoms in total. The highest BCUT2D eigenvalue weighted by molar-refractivity contribution is 6.42. The Hall–Kier alpha value is -4.18. The molecule has 0 amide bonds. The molecule has 0 aromatic heterocycles. The Bertz CT molecular complexity index is 1610. The summed E-state index contributed by atoms with van der Waals surface area (Å²) in [5.41, 5.74) is 3.06. The van der Waals surface area contributed by atoms with Crippen molar-refractivity contribution in [3.8, 4) is 0 Å². The number of rotatable bonds is 10. The summed E-state index contributed by atoms with van der Waals surface area (Å²) < 4.78 is 11.2. The van der Waals surface area contributed by atoms with E-state index in [1.165, 1.54) is 25.3 Å². The third-order valence-electron chi connectivity index (χ3n) is 7.14. The summed E-state index contributed by atoms with van der Waals surface area (Å²) in [4.78, 5) is 40.2. The molecule has 0 saturated carbocycles. The van der Waals surface area contributed by atoms with E-state index in [2.05, 4.69) is 5.32 Å². The van der Waals surface area contributed by atoms with E-state index in [1.54, 1.807) is 38.1 Å². The van der Waals surface area contributed by atoms with Crippen molar-refractivity contribution in [2.45, 2.75) is 32.4 Å². The topological polar surface area (TPSA) is 111 Å². The van der Waals surface area contributed by atoms with Gasteiger partial charge in [-0.2, -0.15) is 0 Å². The molecule has 3 aromatic carbocycles. The maximum atomic E-state index is 14.1. The van der Waals surface area contributed by atoms with Crippen LogP contribution in [0.1, 0.15) is 42.6 Å². The minimum atomic E-state index is -0.988. The van der Waals surface area contributed by atoms with E-state index in [9.17, 15) is 19.7 Å². The standard InChI is InChI=1S/C32H31Cl2N3O6/c1-19-28(31(38)42-4)30(23-11-8-12-24(15-23)37(40)41)29(20(2)35-19)32(39)43-27(22-13-14-25(33)26(34)16-22)18-36(3)17-21-9-6-5-7-10-21/h5-16,27,30,35H,17-18H2,1-4H3. The van der Waals surface area contributed by atoms with E-state index < -0.39 is 28.9 Å². The first-order chi connectivity index (χ1) is 20.5. The van der Waals surface area contributed by atoms with Gasteiger partial charge < -0.3 is 14.8 Å². The molecule has 224 valence electrons. The number of non-ortho nitro benzene ring substituents is 1. The predicted molar refractivity (Wildman–Crippen MR) is 164 cm³/mol. The number of halogens is 2. The number of carbonyl (C=O) groups is 2. The number of benzene rings is 3. The number of nitrogens with zero attached hydrogens (tertiary/aromatic N) is 2. The van der Waals surface area contributed by atoms with Gasteiger partial charge in [0.2, 0.25) is 0 Å². The molecule has 0 spiro atoms. The van der Waals surface area contributed by atoms with Gasteiger partial charge >= 0.3 is 11.9 Å². The van der Waals surface area contributed by atoms with Gasteiger partial charge in [0.1, 0.15) is 6.10 Å². The molecule has 2 atom stereocenters. The Morgan fingerprint density at radius 1 is 0.953 bits per heavy atom. The lowest BCUT2D eigenvalue weighted by molar-refractivity contribution is -0.384. The van der Waals surface area contributed by atoms with E-state index >= 15 is 0 Å². The molecule has 4 rings (SSSR count). The third-order valence-corrected chi connectivity index (χ3v) is 7.88. The fraction of sp³-hybridized carbons (Fsp3) is 0.250. The number of ether oxygens (including phenoxy) is 2. The number of dihydropyridines is 1. The second kappa shape index (κ2) is 13.9. The van der Waals surface area contributed by atoms with Crippen molar-refractivity contribution in [2.75, 3.05) is 20.7 Å². The van der Waals surface area contributed by atoms with Crippen LogP contribution in [0.2, 0.25) is 10.0 Å². The second-order valence-corrected chi connectivity index (χ2v) is 11.0. The monoisotopic (exact) mass is 623 g/mol. The highest BCUT2D eigenvalue weighted by Crippen LogP contribution is 2.41. The molecule has 0 saturated heterocycles. The summed E-state index contributed by atoms with van der Waals surface area (Å²) in [5.74, 6) is -2.37. The van der Waals surface area contributed by atoms with Gasteiger partial charge in [-0.15, -0.1) is 0 Å². The first kappa shape index (κ1) is 31.7. The summed E-state index contributed by atoms with van der Waals surface area (Å²) in [6.45, 7) is 4.26. The molecule has 1 N–H and O–H groups in total. The van der Waals surface area contributed by atoms with E-state index in [0.29, 0.717) is 45.7 Å². The zero-order valence-electron chi connectivity index (χ0n) is 24.1. The van der Waals surface area contributed by atoms with Crippen LogP contribution in [0.5, 0.6) is 0 Å². The Kier molecular flexibility index (Phi) is 10.2. The lowest BCUT2D eigenvalue weighted by Crippen LogP contribution is -2.34. The molecule has 1 heterocycles. The number of esters is 2. The number of nitrogens with one attached hydrogen (secondary N) is 1. The van der Waals surface area contributed by atoms with Gasteiger partial charge in [-0.3, -0.25) is 15.0 Å². The zero-order valence-corrected chi connectivity index (χ0v) is 25.6. The third kappa shape index (κ3) is 7.43. The number of methoxy groups -OCH3 is 1. The van der Waals surface area contributed by atoms with Crippen molar-refractivity contribution < 1.29 is 24.0 Å². The molecule has 0 fully saturated rings. The highest BCUT2D eigenvalue weighted by atomic mass is 35.5. The Morgan fingerprint density at radius 3 is 2.26 bits per heavy atom. The van der Waals surface area contributed by atoms with Crippen molar-refractivity contribution >= 4 is 40.8 Å². The van der Waals surface area contributed by atoms with E-state index in [1.807, 2.05) is 42.3 Å². The van der Waals surface area contributed by atoms with Crippen LogP contribution in [-0.4, -0.2) is 42.5 Å². The normalized spacial score (nSPS) is 15.7. The van der Waals surface area contributed by atoms with Crippen molar-refractivity contribution in [3.63, 3.8) is 0 Å². The summed E-state index contributed by atoms with van der Waals surface area (Å²) in [7, 11) is 3.14. The largest absolute Gasteiger partial charge is 0.466 e. The fourth-order valence-electron chi connectivity index (χ4n) is 5.16. The Morgan fingerprint density at radius 2 is 1.63 bits per heavy atom. The van der Waals surface area contributed by atoms with Crippen LogP contribution in [0.3, 0.4) is 0 Å². The number of likely N-dealkylation sites (N-methyl/N-ethyl adjacent to an activating group) is 1. The van der Waals surface area contributed by atoms with Crippen LogP contribution in [0, 0.1) is 10.1 Å². The number of hydrogen-bond donors (Lipinski definition) is 1. The summed E-state index contributed by atoms with van der Waals surface area (Å²) in [5, 5.41) is 15.4. The van der Waals surface area contributed by atoms with Crippen LogP contribution in [0.15, 0.2) is 95.3 Å². The van der Waals surface area contributed by atoms with Gasteiger partial charge in [0, 0.05) is 36.6 Å². The highest BCUT2D eigenvalue weighted by Gasteiger charge is 2.39. The molecule has 2 unspecified atom stereocenters. The molecule has 0 bridgehead atoms. The maximum Gasteiger partial charge on any atom is 0.337 e. The van der Waals surface area contributed by atoms with E-state index in [4.69, 9.17) is 32.7 Å². The van der Waals surface area contributed by atoms with Crippen molar-refractivity contribution in [1.29, 1.82) is 0 Å². The minimum absolute atomic E-state index is 0.127. The molecule has 11 heteroatoms. The van der Waals surface area contributed by atoms with Crippen molar-refractivity contribution in [1.82, 2.24) is 10.2 Å². The van der Waals surface area contributed by atoms with Gasteiger partial charge in [0.25, 0.3) is 5.69 Å². The number of nitro benzene ring substituents is 1. The zero-order chi connectivity index (χ0) is 31.3. The number of nitro groups is 1. The number of hydrogen-bond acceptors (Lipinski definition) is 8. The molecule has 0 radical (unpaired) electrons. The summed E-state index contributed by atoms with van der Waals surface area (Å²) in [6, 6.07) is 20.7.